The summed E-state index contributed by atoms with van der Waals surface area (Å²) >= 11 is 0. The summed E-state index contributed by atoms with van der Waals surface area (Å²) in [5.74, 6) is 1.22. The highest BCUT2D eigenvalue weighted by molar-refractivity contribution is 5.79. The van der Waals surface area contributed by atoms with E-state index >= 15 is 0 Å². The van der Waals surface area contributed by atoms with Gasteiger partial charge in [0.15, 0.2) is 0 Å². The Labute approximate surface area is 167 Å². The first-order chi connectivity index (χ1) is 14.0. The number of halogens is 2. The van der Waals surface area contributed by atoms with Gasteiger partial charge in [-0.2, -0.15) is 8.78 Å². The molecule has 0 bridgehead atoms. The fourth-order valence-electron chi connectivity index (χ4n) is 2.93. The predicted octanol–water partition coefficient (Wildman–Crippen LogP) is 3.48. The summed E-state index contributed by atoms with van der Waals surface area (Å²) in [5.41, 5.74) is 1.53. The maximum Gasteiger partial charge on any atom is 0.387 e. The standard InChI is InChI=1S/C21H21F2N3O3/c1-26-12-11-24-20(26)19(15-5-9-16(28-2)10-6-15)25-18(27)13-14-3-7-17(8-4-14)29-21(22)23/h3-12,19,21H,13H2,1-2H3,(H,25,27). The first-order valence-electron chi connectivity index (χ1n) is 8.90. The van der Waals surface area contributed by atoms with Crippen LogP contribution in [0.2, 0.25) is 0 Å². The van der Waals surface area contributed by atoms with Gasteiger partial charge >= 0.3 is 6.61 Å². The second-order valence-electron chi connectivity index (χ2n) is 6.37. The van der Waals surface area contributed by atoms with E-state index in [0.29, 0.717) is 17.1 Å². The van der Waals surface area contributed by atoms with Crippen molar-refractivity contribution >= 4 is 5.91 Å². The number of nitrogens with one attached hydrogen (secondary N) is 1. The number of nitrogens with zero attached hydrogens (tertiary/aromatic N) is 2. The maximum atomic E-state index is 12.7. The number of imidazole rings is 1. The normalized spacial score (nSPS) is 11.9. The number of carbonyl (C=O) groups excluding carboxylic acids is 1. The van der Waals surface area contributed by atoms with Crippen LogP contribution in [0.4, 0.5) is 8.78 Å². The summed E-state index contributed by atoms with van der Waals surface area (Å²) in [5, 5.41) is 2.99. The highest BCUT2D eigenvalue weighted by atomic mass is 19.3. The van der Waals surface area contributed by atoms with Crippen LogP contribution >= 0.6 is 0 Å². The van der Waals surface area contributed by atoms with Crippen molar-refractivity contribution < 1.29 is 23.0 Å². The van der Waals surface area contributed by atoms with Crippen LogP contribution < -0.4 is 14.8 Å². The lowest BCUT2D eigenvalue weighted by molar-refractivity contribution is -0.121. The Morgan fingerprint density at radius 2 is 1.76 bits per heavy atom. The van der Waals surface area contributed by atoms with Crippen molar-refractivity contribution in [1.82, 2.24) is 14.9 Å². The van der Waals surface area contributed by atoms with Crippen LogP contribution in [-0.4, -0.2) is 29.2 Å². The molecule has 152 valence electrons. The minimum atomic E-state index is -2.88. The minimum absolute atomic E-state index is 0.0493. The second-order valence-corrected chi connectivity index (χ2v) is 6.37. The topological polar surface area (TPSA) is 65.4 Å². The quantitative estimate of drug-likeness (QED) is 0.628. The molecule has 1 unspecified atom stereocenters. The van der Waals surface area contributed by atoms with Crippen molar-refractivity contribution in [2.75, 3.05) is 7.11 Å². The van der Waals surface area contributed by atoms with Gasteiger partial charge in [0, 0.05) is 19.4 Å². The van der Waals surface area contributed by atoms with Crippen LogP contribution in [0.1, 0.15) is 23.0 Å². The molecule has 0 spiro atoms. The van der Waals surface area contributed by atoms with Crippen molar-refractivity contribution in [3.8, 4) is 11.5 Å². The van der Waals surface area contributed by atoms with Gasteiger partial charge in [0.1, 0.15) is 23.4 Å². The van der Waals surface area contributed by atoms with E-state index < -0.39 is 12.7 Å². The lowest BCUT2D eigenvalue weighted by Gasteiger charge is -2.19. The Balaban J connectivity index is 1.75. The maximum absolute atomic E-state index is 12.7. The molecule has 1 atom stereocenters. The number of ether oxygens (including phenoxy) is 2. The van der Waals surface area contributed by atoms with E-state index in [1.165, 1.54) is 12.1 Å². The number of alkyl halides is 2. The van der Waals surface area contributed by atoms with Gasteiger partial charge in [0.25, 0.3) is 0 Å². The van der Waals surface area contributed by atoms with Gasteiger partial charge in [0.2, 0.25) is 5.91 Å². The number of hydrogen-bond acceptors (Lipinski definition) is 4. The predicted molar refractivity (Wildman–Crippen MR) is 103 cm³/mol. The number of hydrogen-bond donors (Lipinski definition) is 1. The number of rotatable bonds is 8. The highest BCUT2D eigenvalue weighted by Crippen LogP contribution is 2.23. The number of aryl methyl sites for hydroxylation is 1. The van der Waals surface area contributed by atoms with E-state index in [9.17, 15) is 13.6 Å². The van der Waals surface area contributed by atoms with Gasteiger partial charge in [-0.15, -0.1) is 0 Å². The lowest BCUT2D eigenvalue weighted by Crippen LogP contribution is -2.32. The fraction of sp³-hybridized carbons (Fsp3) is 0.238. The summed E-state index contributed by atoms with van der Waals surface area (Å²) in [6.07, 6.45) is 3.56. The SMILES string of the molecule is COc1ccc(C(NC(=O)Cc2ccc(OC(F)F)cc2)c2nccn2C)cc1. The Morgan fingerprint density at radius 3 is 2.31 bits per heavy atom. The monoisotopic (exact) mass is 401 g/mol. The Morgan fingerprint density at radius 1 is 1.10 bits per heavy atom. The molecule has 0 fully saturated rings. The van der Waals surface area contributed by atoms with Gasteiger partial charge < -0.3 is 19.4 Å². The van der Waals surface area contributed by atoms with Crippen LogP contribution in [-0.2, 0) is 18.3 Å². The molecule has 0 radical (unpaired) electrons. The minimum Gasteiger partial charge on any atom is -0.497 e. The first-order valence-corrected chi connectivity index (χ1v) is 8.90. The van der Waals surface area contributed by atoms with Crippen LogP contribution in [0.25, 0.3) is 0 Å². The first kappa shape index (κ1) is 20.3. The third kappa shape index (κ3) is 5.31. The largest absolute Gasteiger partial charge is 0.497 e. The van der Waals surface area contributed by atoms with Crippen LogP contribution in [0.15, 0.2) is 60.9 Å². The average Bonchev–Trinajstić information content (AvgIpc) is 3.13. The second kappa shape index (κ2) is 9.18. The molecular weight excluding hydrogens is 380 g/mol. The van der Waals surface area contributed by atoms with Gasteiger partial charge in [-0.3, -0.25) is 4.79 Å². The van der Waals surface area contributed by atoms with E-state index in [1.807, 2.05) is 35.9 Å². The van der Waals surface area contributed by atoms with E-state index in [-0.39, 0.29) is 18.1 Å². The molecule has 1 amide bonds. The smallest absolute Gasteiger partial charge is 0.387 e. The van der Waals surface area contributed by atoms with E-state index in [2.05, 4.69) is 15.0 Å². The number of aromatic nitrogens is 2. The number of methoxy groups -OCH3 is 1. The molecule has 29 heavy (non-hydrogen) atoms. The number of amides is 1. The number of benzene rings is 2. The summed E-state index contributed by atoms with van der Waals surface area (Å²) in [7, 11) is 3.44. The van der Waals surface area contributed by atoms with Gasteiger partial charge in [-0.05, 0) is 35.4 Å². The molecule has 1 aromatic heterocycles. The fourth-order valence-corrected chi connectivity index (χ4v) is 2.93. The summed E-state index contributed by atoms with van der Waals surface area (Å²) in [6, 6.07) is 12.9. The summed E-state index contributed by atoms with van der Waals surface area (Å²) < 4.78 is 35.9. The molecule has 0 aliphatic rings. The van der Waals surface area contributed by atoms with E-state index in [0.717, 1.165) is 5.56 Å². The Hall–Kier alpha value is -3.42. The Kier molecular flexibility index (Phi) is 6.43. The van der Waals surface area contributed by atoms with Crippen molar-refractivity contribution in [2.45, 2.75) is 19.1 Å². The van der Waals surface area contributed by atoms with Crippen molar-refractivity contribution in [3.05, 3.63) is 77.9 Å². The van der Waals surface area contributed by atoms with Crippen LogP contribution in [0.3, 0.4) is 0 Å². The van der Waals surface area contributed by atoms with Crippen LogP contribution in [0, 0.1) is 0 Å². The van der Waals surface area contributed by atoms with Crippen molar-refractivity contribution in [2.24, 2.45) is 7.05 Å². The number of carbonyl (C=O) groups is 1. The zero-order valence-corrected chi connectivity index (χ0v) is 16.0. The zero-order valence-electron chi connectivity index (χ0n) is 16.0. The van der Waals surface area contributed by atoms with E-state index in [4.69, 9.17) is 4.74 Å². The van der Waals surface area contributed by atoms with Crippen molar-refractivity contribution in [3.63, 3.8) is 0 Å². The summed E-state index contributed by atoms with van der Waals surface area (Å²) in [6.45, 7) is -2.88. The molecule has 2 aromatic carbocycles. The van der Waals surface area contributed by atoms with Gasteiger partial charge in [0.05, 0.1) is 13.5 Å². The molecule has 3 aromatic rings. The Bertz CT molecular complexity index is 941. The third-order valence-electron chi connectivity index (χ3n) is 4.38. The molecule has 0 saturated carbocycles. The molecule has 1 heterocycles. The molecular formula is C21H21F2N3O3. The van der Waals surface area contributed by atoms with Gasteiger partial charge in [-0.1, -0.05) is 24.3 Å². The van der Waals surface area contributed by atoms with Crippen molar-refractivity contribution in [1.29, 1.82) is 0 Å². The highest BCUT2D eigenvalue weighted by Gasteiger charge is 2.21. The lowest BCUT2D eigenvalue weighted by atomic mass is 10.0. The molecule has 6 nitrogen and oxygen atoms in total. The van der Waals surface area contributed by atoms with Gasteiger partial charge in [-0.25, -0.2) is 4.98 Å². The zero-order chi connectivity index (χ0) is 20.8. The molecule has 0 aliphatic heterocycles. The average molecular weight is 401 g/mol. The molecule has 3 rings (SSSR count). The van der Waals surface area contributed by atoms with Crippen LogP contribution in [0.5, 0.6) is 11.5 Å². The molecule has 0 saturated heterocycles. The third-order valence-corrected chi connectivity index (χ3v) is 4.38. The molecule has 8 heteroatoms. The molecule has 1 N–H and O–H groups in total. The summed E-state index contributed by atoms with van der Waals surface area (Å²) in [4.78, 5) is 17.0. The van der Waals surface area contributed by atoms with E-state index in [1.54, 1.807) is 31.6 Å². The molecule has 0 aliphatic carbocycles.